The Labute approximate surface area is 88.6 Å². The molecule has 0 N–H and O–H groups in total. The first kappa shape index (κ1) is 10.9. The molecule has 2 aliphatic heterocycles. The van der Waals surface area contributed by atoms with Crippen LogP contribution in [-0.2, 0) is 23.7 Å². The SMILES string of the molecule is CC(=O)OC[C@H]1C[C@H]2OC(C)(C)O[C@H]2O1. The van der Waals surface area contributed by atoms with Crippen LogP contribution in [-0.4, -0.2) is 36.9 Å². The lowest BCUT2D eigenvalue weighted by atomic mass is 10.2. The molecule has 0 aliphatic carbocycles. The topological polar surface area (TPSA) is 54.0 Å². The Kier molecular flexibility index (Phi) is 2.70. The van der Waals surface area contributed by atoms with Crippen molar-refractivity contribution in [3.8, 4) is 0 Å². The van der Waals surface area contributed by atoms with Crippen LogP contribution in [0.4, 0.5) is 0 Å². The van der Waals surface area contributed by atoms with E-state index in [1.165, 1.54) is 6.92 Å². The summed E-state index contributed by atoms with van der Waals surface area (Å²) in [5.74, 6) is -0.861. The van der Waals surface area contributed by atoms with Crippen LogP contribution in [0.2, 0.25) is 0 Å². The van der Waals surface area contributed by atoms with Crippen LogP contribution in [0.1, 0.15) is 27.2 Å². The molecule has 0 saturated carbocycles. The highest BCUT2D eigenvalue weighted by Crippen LogP contribution is 2.36. The fourth-order valence-corrected chi connectivity index (χ4v) is 1.90. The maximum atomic E-state index is 10.6. The van der Waals surface area contributed by atoms with E-state index < -0.39 is 5.79 Å². The molecule has 0 radical (unpaired) electrons. The number of carbonyl (C=O) groups is 1. The Morgan fingerprint density at radius 3 is 2.80 bits per heavy atom. The lowest BCUT2D eigenvalue weighted by molar-refractivity contribution is -0.209. The average Bonchev–Trinajstić information content (AvgIpc) is 2.53. The van der Waals surface area contributed by atoms with Gasteiger partial charge in [0, 0.05) is 13.3 Å². The predicted molar refractivity (Wildman–Crippen MR) is 49.9 cm³/mol. The van der Waals surface area contributed by atoms with Crippen LogP contribution in [0.15, 0.2) is 0 Å². The number of hydrogen-bond acceptors (Lipinski definition) is 5. The number of esters is 1. The number of hydrogen-bond donors (Lipinski definition) is 0. The molecule has 2 rings (SSSR count). The largest absolute Gasteiger partial charge is 0.463 e. The van der Waals surface area contributed by atoms with E-state index in [2.05, 4.69) is 0 Å². The molecule has 0 unspecified atom stereocenters. The normalized spacial score (nSPS) is 37.7. The van der Waals surface area contributed by atoms with Crippen LogP contribution >= 0.6 is 0 Å². The molecule has 5 heteroatoms. The van der Waals surface area contributed by atoms with Gasteiger partial charge < -0.3 is 18.9 Å². The summed E-state index contributed by atoms with van der Waals surface area (Å²) in [4.78, 5) is 10.6. The van der Waals surface area contributed by atoms with Crippen molar-refractivity contribution < 1.29 is 23.7 Å². The first-order valence-electron chi connectivity index (χ1n) is 5.11. The Balaban J connectivity index is 1.81. The summed E-state index contributed by atoms with van der Waals surface area (Å²) in [6.45, 7) is 5.37. The third-order valence-electron chi connectivity index (χ3n) is 2.43. The molecule has 2 heterocycles. The maximum absolute atomic E-state index is 10.6. The number of carbonyl (C=O) groups excluding carboxylic acids is 1. The highest BCUT2D eigenvalue weighted by Gasteiger charge is 2.48. The van der Waals surface area contributed by atoms with Gasteiger partial charge in [0.15, 0.2) is 12.1 Å². The minimum Gasteiger partial charge on any atom is -0.463 e. The highest BCUT2D eigenvalue weighted by molar-refractivity contribution is 5.65. The van der Waals surface area contributed by atoms with E-state index in [9.17, 15) is 4.79 Å². The zero-order valence-electron chi connectivity index (χ0n) is 9.19. The second-order valence-corrected chi connectivity index (χ2v) is 4.34. The summed E-state index contributed by atoms with van der Waals surface area (Å²) in [7, 11) is 0. The zero-order chi connectivity index (χ0) is 11.1. The fourth-order valence-electron chi connectivity index (χ4n) is 1.90. The predicted octanol–water partition coefficient (Wildman–Crippen LogP) is 0.816. The summed E-state index contributed by atoms with van der Waals surface area (Å²) in [5, 5.41) is 0. The Morgan fingerprint density at radius 2 is 2.20 bits per heavy atom. The first-order chi connectivity index (χ1) is 6.96. The minimum atomic E-state index is -0.568. The van der Waals surface area contributed by atoms with Crippen LogP contribution in [0.25, 0.3) is 0 Å². The van der Waals surface area contributed by atoms with Crippen molar-refractivity contribution in [2.75, 3.05) is 6.61 Å². The van der Waals surface area contributed by atoms with E-state index in [1.807, 2.05) is 13.8 Å². The molecular formula is C10H16O5. The van der Waals surface area contributed by atoms with E-state index in [1.54, 1.807) is 0 Å². The second-order valence-electron chi connectivity index (χ2n) is 4.34. The zero-order valence-corrected chi connectivity index (χ0v) is 9.19. The Hall–Kier alpha value is -0.650. The molecule has 0 bridgehead atoms. The summed E-state index contributed by atoms with van der Waals surface area (Å²) < 4.78 is 21.6. The lowest BCUT2D eigenvalue weighted by Crippen LogP contribution is -2.26. The molecule has 2 fully saturated rings. The van der Waals surface area contributed by atoms with Crippen LogP contribution in [0.5, 0.6) is 0 Å². The van der Waals surface area contributed by atoms with E-state index in [0.29, 0.717) is 6.42 Å². The van der Waals surface area contributed by atoms with Gasteiger partial charge in [-0.1, -0.05) is 0 Å². The number of ether oxygens (including phenoxy) is 4. The summed E-state index contributed by atoms with van der Waals surface area (Å²) in [6, 6.07) is 0. The van der Waals surface area contributed by atoms with Gasteiger partial charge in [-0.15, -0.1) is 0 Å². The molecule has 3 atom stereocenters. The van der Waals surface area contributed by atoms with Gasteiger partial charge in [-0.25, -0.2) is 0 Å². The summed E-state index contributed by atoms with van der Waals surface area (Å²) >= 11 is 0. The average molecular weight is 216 g/mol. The van der Waals surface area contributed by atoms with Gasteiger partial charge in [0.2, 0.25) is 0 Å². The standard InChI is InChI=1S/C10H16O5/c1-6(11)12-5-7-4-8-9(13-7)15-10(2,3)14-8/h7-9H,4-5H2,1-3H3/t7-,8-,9-/m1/s1. The summed E-state index contributed by atoms with van der Waals surface area (Å²) in [6.07, 6.45) is 0.239. The van der Waals surface area contributed by atoms with Crippen LogP contribution in [0.3, 0.4) is 0 Å². The molecule has 15 heavy (non-hydrogen) atoms. The fraction of sp³-hybridized carbons (Fsp3) is 0.900. The van der Waals surface area contributed by atoms with Gasteiger partial charge in [-0.2, -0.15) is 0 Å². The number of fused-ring (bicyclic) bond motifs is 1. The van der Waals surface area contributed by atoms with Crippen molar-refractivity contribution in [3.63, 3.8) is 0 Å². The van der Waals surface area contributed by atoms with Crippen molar-refractivity contribution >= 4 is 5.97 Å². The van der Waals surface area contributed by atoms with Gasteiger partial charge >= 0.3 is 5.97 Å². The lowest BCUT2D eigenvalue weighted by Gasteiger charge is -2.20. The molecule has 0 aromatic carbocycles. The van der Waals surface area contributed by atoms with E-state index in [4.69, 9.17) is 18.9 Å². The van der Waals surface area contributed by atoms with Gasteiger partial charge in [-0.05, 0) is 13.8 Å². The second kappa shape index (κ2) is 3.73. The van der Waals surface area contributed by atoms with Crippen molar-refractivity contribution in [3.05, 3.63) is 0 Å². The van der Waals surface area contributed by atoms with Crippen molar-refractivity contribution in [2.24, 2.45) is 0 Å². The minimum absolute atomic E-state index is 0.0411. The van der Waals surface area contributed by atoms with E-state index in [0.717, 1.165) is 0 Å². The van der Waals surface area contributed by atoms with Gasteiger partial charge in [-0.3, -0.25) is 4.79 Å². The van der Waals surface area contributed by atoms with Crippen molar-refractivity contribution in [1.29, 1.82) is 0 Å². The van der Waals surface area contributed by atoms with Crippen molar-refractivity contribution in [1.82, 2.24) is 0 Å². The molecule has 5 nitrogen and oxygen atoms in total. The Morgan fingerprint density at radius 1 is 1.47 bits per heavy atom. The van der Waals surface area contributed by atoms with Gasteiger partial charge in [0.1, 0.15) is 12.7 Å². The van der Waals surface area contributed by atoms with Crippen molar-refractivity contribution in [2.45, 2.75) is 51.5 Å². The van der Waals surface area contributed by atoms with Gasteiger partial charge in [0.05, 0.1) is 6.10 Å². The number of rotatable bonds is 2. The van der Waals surface area contributed by atoms with Gasteiger partial charge in [0.25, 0.3) is 0 Å². The molecule has 0 aromatic rings. The Bertz CT molecular complexity index is 247. The van der Waals surface area contributed by atoms with E-state index in [-0.39, 0.29) is 31.1 Å². The van der Waals surface area contributed by atoms with E-state index >= 15 is 0 Å². The first-order valence-corrected chi connectivity index (χ1v) is 5.11. The molecule has 2 saturated heterocycles. The summed E-state index contributed by atoms with van der Waals surface area (Å²) in [5.41, 5.74) is 0. The smallest absolute Gasteiger partial charge is 0.302 e. The third kappa shape index (κ3) is 2.48. The third-order valence-corrected chi connectivity index (χ3v) is 2.43. The molecular weight excluding hydrogens is 200 g/mol. The highest BCUT2D eigenvalue weighted by atomic mass is 16.8. The molecule has 2 aliphatic rings. The quantitative estimate of drug-likeness (QED) is 0.639. The molecule has 0 spiro atoms. The maximum Gasteiger partial charge on any atom is 0.302 e. The molecule has 0 aromatic heterocycles. The monoisotopic (exact) mass is 216 g/mol. The molecule has 86 valence electrons. The van der Waals surface area contributed by atoms with Crippen LogP contribution in [0, 0.1) is 0 Å². The van der Waals surface area contributed by atoms with Crippen LogP contribution < -0.4 is 0 Å². The molecule has 0 amide bonds.